The molecule has 1 N–H and O–H groups in total. The largest absolute Gasteiger partial charge is 0.382 e. The summed E-state index contributed by atoms with van der Waals surface area (Å²) in [6.07, 6.45) is 0.704. The summed E-state index contributed by atoms with van der Waals surface area (Å²) in [7, 11) is 0. The number of carbonyl (C=O) groups is 1. The molecular weight excluding hydrogens is 216 g/mol. The van der Waals surface area contributed by atoms with E-state index in [4.69, 9.17) is 11.6 Å². The Balaban J connectivity index is 3.08. The second-order valence-corrected chi connectivity index (χ2v) is 4.19. The summed E-state index contributed by atoms with van der Waals surface area (Å²) in [5, 5.41) is 14.4. The molecule has 1 atom stereocenters. The molecule has 0 saturated carbocycles. The molecule has 4 nitrogen and oxygen atoms in total. The molecule has 1 rings (SSSR count). The summed E-state index contributed by atoms with van der Waals surface area (Å²) in [6.45, 7) is 5.85. The Hall–Kier alpha value is -0.870. The Kier molecular flexibility index (Phi) is 3.52. The fourth-order valence-corrected chi connectivity index (χ4v) is 1.62. The van der Waals surface area contributed by atoms with E-state index >= 15 is 0 Å². The van der Waals surface area contributed by atoms with Gasteiger partial charge >= 0.3 is 0 Å². The van der Waals surface area contributed by atoms with Crippen molar-refractivity contribution < 1.29 is 9.90 Å². The monoisotopic (exact) mass is 230 g/mol. The summed E-state index contributed by atoms with van der Waals surface area (Å²) < 4.78 is 1.70. The van der Waals surface area contributed by atoms with Crippen LogP contribution in [0.3, 0.4) is 0 Å². The summed E-state index contributed by atoms with van der Waals surface area (Å²) in [6, 6.07) is 0. The van der Waals surface area contributed by atoms with Crippen molar-refractivity contribution in [2.45, 2.75) is 39.3 Å². The first kappa shape index (κ1) is 12.2. The van der Waals surface area contributed by atoms with E-state index in [9.17, 15) is 9.90 Å². The van der Waals surface area contributed by atoms with Gasteiger partial charge in [-0.3, -0.25) is 4.68 Å². The minimum Gasteiger partial charge on any atom is -0.382 e. The SMILES string of the molecule is CCn1nc(C)c(Cl)c1CC(C)(O)C=O. The van der Waals surface area contributed by atoms with Crippen LogP contribution in [0.2, 0.25) is 5.02 Å². The second-order valence-electron chi connectivity index (χ2n) is 3.81. The fourth-order valence-electron chi connectivity index (χ4n) is 1.42. The molecule has 1 aromatic rings. The van der Waals surface area contributed by atoms with Crippen LogP contribution in [0.1, 0.15) is 25.2 Å². The highest BCUT2D eigenvalue weighted by atomic mass is 35.5. The lowest BCUT2D eigenvalue weighted by molar-refractivity contribution is -0.122. The first-order valence-corrected chi connectivity index (χ1v) is 5.19. The maximum Gasteiger partial charge on any atom is 0.151 e. The van der Waals surface area contributed by atoms with Gasteiger partial charge in [-0.25, -0.2) is 0 Å². The van der Waals surface area contributed by atoms with Crippen molar-refractivity contribution in [1.29, 1.82) is 0 Å². The van der Waals surface area contributed by atoms with Gasteiger partial charge in [0.25, 0.3) is 0 Å². The second kappa shape index (κ2) is 4.33. The standard InChI is InChI=1S/C10H15ClN2O2/c1-4-13-8(5-10(3,15)6-14)9(11)7(2)12-13/h6,15H,4-5H2,1-3H3. The summed E-state index contributed by atoms with van der Waals surface area (Å²) in [4.78, 5) is 10.6. The Labute approximate surface area is 93.9 Å². The van der Waals surface area contributed by atoms with Crippen LogP contribution in [0, 0.1) is 6.92 Å². The number of nitrogens with zero attached hydrogens (tertiary/aromatic N) is 2. The molecular formula is C10H15ClN2O2. The summed E-state index contributed by atoms with van der Waals surface area (Å²) in [5.41, 5.74) is 0.0345. The molecule has 0 amide bonds. The van der Waals surface area contributed by atoms with Crippen molar-refractivity contribution in [3.8, 4) is 0 Å². The molecule has 0 aliphatic rings. The van der Waals surface area contributed by atoms with Crippen molar-refractivity contribution in [2.75, 3.05) is 0 Å². The summed E-state index contributed by atoms with van der Waals surface area (Å²) >= 11 is 6.05. The minimum atomic E-state index is -1.39. The minimum absolute atomic E-state index is 0.185. The van der Waals surface area contributed by atoms with Crippen LogP contribution in [-0.4, -0.2) is 26.8 Å². The maximum atomic E-state index is 10.6. The number of aromatic nitrogens is 2. The topological polar surface area (TPSA) is 55.1 Å². The molecule has 0 fully saturated rings. The maximum absolute atomic E-state index is 10.6. The molecule has 0 aliphatic heterocycles. The van der Waals surface area contributed by atoms with E-state index in [0.717, 1.165) is 5.69 Å². The average Bonchev–Trinajstić information content (AvgIpc) is 2.45. The zero-order chi connectivity index (χ0) is 11.6. The Morgan fingerprint density at radius 3 is 2.73 bits per heavy atom. The zero-order valence-corrected chi connectivity index (χ0v) is 9.88. The third-order valence-electron chi connectivity index (χ3n) is 2.23. The highest BCUT2D eigenvalue weighted by Gasteiger charge is 2.24. The number of hydrogen-bond acceptors (Lipinski definition) is 3. The van der Waals surface area contributed by atoms with Gasteiger partial charge in [-0.15, -0.1) is 0 Å². The van der Waals surface area contributed by atoms with E-state index in [-0.39, 0.29) is 6.42 Å². The van der Waals surface area contributed by atoms with Crippen molar-refractivity contribution >= 4 is 17.9 Å². The number of halogens is 1. The highest BCUT2D eigenvalue weighted by molar-refractivity contribution is 6.31. The number of hydrogen-bond donors (Lipinski definition) is 1. The van der Waals surface area contributed by atoms with E-state index < -0.39 is 5.60 Å². The first-order chi connectivity index (χ1) is 6.91. The molecule has 0 aliphatic carbocycles. The number of aliphatic hydroxyl groups is 1. The molecule has 0 saturated heterocycles. The molecule has 0 bridgehead atoms. The number of carbonyl (C=O) groups excluding carboxylic acids is 1. The molecule has 0 aromatic carbocycles. The molecule has 0 spiro atoms. The Bertz CT molecular complexity index is 372. The molecule has 15 heavy (non-hydrogen) atoms. The molecule has 1 unspecified atom stereocenters. The van der Waals surface area contributed by atoms with Gasteiger partial charge in [0.15, 0.2) is 6.29 Å². The van der Waals surface area contributed by atoms with E-state index in [2.05, 4.69) is 5.10 Å². The molecule has 5 heteroatoms. The Morgan fingerprint density at radius 1 is 1.67 bits per heavy atom. The van der Waals surface area contributed by atoms with Crippen molar-refractivity contribution in [2.24, 2.45) is 0 Å². The molecule has 1 heterocycles. The van der Waals surface area contributed by atoms with E-state index in [1.807, 2.05) is 6.92 Å². The van der Waals surface area contributed by atoms with Crippen LogP contribution in [0.5, 0.6) is 0 Å². The van der Waals surface area contributed by atoms with Crippen molar-refractivity contribution in [3.05, 3.63) is 16.4 Å². The normalized spacial score (nSPS) is 15.0. The van der Waals surface area contributed by atoms with Crippen molar-refractivity contribution in [3.63, 3.8) is 0 Å². The van der Waals surface area contributed by atoms with E-state index in [0.29, 0.717) is 23.5 Å². The van der Waals surface area contributed by atoms with Crippen LogP contribution >= 0.6 is 11.6 Å². The van der Waals surface area contributed by atoms with Gasteiger partial charge in [-0.2, -0.15) is 5.10 Å². The predicted molar refractivity (Wildman–Crippen MR) is 58.0 cm³/mol. The van der Waals surface area contributed by atoms with Crippen LogP contribution in [0.4, 0.5) is 0 Å². The van der Waals surface area contributed by atoms with Gasteiger partial charge in [0.2, 0.25) is 0 Å². The fraction of sp³-hybridized carbons (Fsp3) is 0.600. The lowest BCUT2D eigenvalue weighted by Gasteiger charge is -2.16. The van der Waals surface area contributed by atoms with Crippen molar-refractivity contribution in [1.82, 2.24) is 9.78 Å². The van der Waals surface area contributed by atoms with Crippen LogP contribution in [-0.2, 0) is 17.8 Å². The molecule has 1 aromatic heterocycles. The third kappa shape index (κ3) is 2.58. The molecule has 84 valence electrons. The first-order valence-electron chi connectivity index (χ1n) is 4.81. The van der Waals surface area contributed by atoms with Gasteiger partial charge in [0.1, 0.15) is 5.60 Å². The van der Waals surface area contributed by atoms with Gasteiger partial charge < -0.3 is 9.90 Å². The average molecular weight is 231 g/mol. The lowest BCUT2D eigenvalue weighted by atomic mass is 10.0. The number of aryl methyl sites for hydroxylation is 2. The van der Waals surface area contributed by atoms with Gasteiger partial charge in [0, 0.05) is 13.0 Å². The van der Waals surface area contributed by atoms with Crippen LogP contribution in [0.15, 0.2) is 0 Å². The number of rotatable bonds is 4. The highest BCUT2D eigenvalue weighted by Crippen LogP contribution is 2.23. The smallest absolute Gasteiger partial charge is 0.151 e. The number of aldehydes is 1. The van der Waals surface area contributed by atoms with Gasteiger partial charge in [0.05, 0.1) is 16.4 Å². The quantitative estimate of drug-likeness (QED) is 0.795. The molecule has 0 radical (unpaired) electrons. The van der Waals surface area contributed by atoms with E-state index in [1.165, 1.54) is 6.92 Å². The lowest BCUT2D eigenvalue weighted by Crippen LogP contribution is -2.30. The summed E-state index contributed by atoms with van der Waals surface area (Å²) in [5.74, 6) is 0. The van der Waals surface area contributed by atoms with Gasteiger partial charge in [-0.1, -0.05) is 11.6 Å². The van der Waals surface area contributed by atoms with E-state index in [1.54, 1.807) is 11.6 Å². The third-order valence-corrected chi connectivity index (χ3v) is 2.72. The predicted octanol–water partition coefficient (Wildman–Crippen LogP) is 1.36. The van der Waals surface area contributed by atoms with Crippen LogP contribution in [0.25, 0.3) is 0 Å². The Morgan fingerprint density at radius 2 is 2.27 bits per heavy atom. The van der Waals surface area contributed by atoms with Gasteiger partial charge in [-0.05, 0) is 20.8 Å². The zero-order valence-electron chi connectivity index (χ0n) is 9.12. The van der Waals surface area contributed by atoms with Crippen LogP contribution < -0.4 is 0 Å².